The maximum atomic E-state index is 10.9. The van der Waals surface area contributed by atoms with E-state index in [1.165, 1.54) is 0 Å². The molecule has 2 N–H and O–H groups in total. The van der Waals surface area contributed by atoms with Gasteiger partial charge in [0.1, 0.15) is 5.75 Å². The van der Waals surface area contributed by atoms with Gasteiger partial charge in [-0.05, 0) is 12.1 Å². The third-order valence-electron chi connectivity index (χ3n) is 1.32. The molecule has 0 unspecified atom stereocenters. The normalized spacial score (nSPS) is 8.69. The lowest BCUT2D eigenvalue weighted by Gasteiger charge is -2.01. The summed E-state index contributed by atoms with van der Waals surface area (Å²) in [6.45, 7) is 0.325. The molecule has 0 aliphatic carbocycles. The zero-order valence-electron chi connectivity index (χ0n) is 7.10. The van der Waals surface area contributed by atoms with E-state index in [0.29, 0.717) is 12.3 Å². The number of para-hydroxylation sites is 1. The van der Waals surface area contributed by atoms with Crippen molar-refractivity contribution in [2.24, 2.45) is 5.73 Å². The Balaban J connectivity index is 0.00000144. The lowest BCUT2D eigenvalue weighted by Crippen LogP contribution is -2.13. The van der Waals surface area contributed by atoms with E-state index in [-0.39, 0.29) is 24.8 Å². The molecule has 0 heterocycles. The molecule has 0 saturated heterocycles. The second kappa shape index (κ2) is 6.46. The van der Waals surface area contributed by atoms with E-state index in [1.54, 1.807) is 12.1 Å². The molecular formula is C9H12ClNO2. The Kier molecular flexibility index (Phi) is 5.93. The van der Waals surface area contributed by atoms with Crippen LogP contribution in [0.3, 0.4) is 0 Å². The lowest BCUT2D eigenvalue weighted by atomic mass is 10.3. The monoisotopic (exact) mass is 201 g/mol. The number of esters is 1. The average Bonchev–Trinajstić information content (AvgIpc) is 2.06. The Morgan fingerprint density at radius 2 is 1.92 bits per heavy atom. The molecule has 0 aliphatic heterocycles. The molecule has 0 atom stereocenters. The summed E-state index contributed by atoms with van der Waals surface area (Å²) in [5.41, 5.74) is 5.18. The highest BCUT2D eigenvalue weighted by atomic mass is 35.5. The van der Waals surface area contributed by atoms with Crippen LogP contribution in [0.2, 0.25) is 0 Å². The zero-order chi connectivity index (χ0) is 8.81. The Bertz CT molecular complexity index is 251. The summed E-state index contributed by atoms with van der Waals surface area (Å²) in [6, 6.07) is 8.94. The molecule has 0 saturated carbocycles. The Morgan fingerprint density at radius 3 is 2.46 bits per heavy atom. The van der Waals surface area contributed by atoms with Crippen molar-refractivity contribution < 1.29 is 9.53 Å². The molecule has 0 aromatic heterocycles. The molecule has 0 aliphatic rings. The molecule has 4 heteroatoms. The van der Waals surface area contributed by atoms with E-state index >= 15 is 0 Å². The van der Waals surface area contributed by atoms with Crippen molar-refractivity contribution in [3.05, 3.63) is 30.3 Å². The van der Waals surface area contributed by atoms with Crippen LogP contribution >= 0.6 is 12.4 Å². The maximum Gasteiger partial charge on any atom is 0.312 e. The first kappa shape index (κ1) is 11.9. The number of rotatable bonds is 3. The summed E-state index contributed by atoms with van der Waals surface area (Å²) in [5, 5.41) is 0. The fourth-order valence-corrected chi connectivity index (χ4v) is 0.789. The molecule has 1 aromatic carbocycles. The van der Waals surface area contributed by atoms with E-state index in [0.717, 1.165) is 0 Å². The Hall–Kier alpha value is -1.06. The van der Waals surface area contributed by atoms with Crippen LogP contribution in [0, 0.1) is 0 Å². The van der Waals surface area contributed by atoms with E-state index < -0.39 is 0 Å². The molecule has 0 amide bonds. The summed E-state index contributed by atoms with van der Waals surface area (Å²) in [6.07, 6.45) is 0.259. The number of halogens is 1. The topological polar surface area (TPSA) is 52.3 Å². The van der Waals surface area contributed by atoms with E-state index in [9.17, 15) is 4.79 Å². The van der Waals surface area contributed by atoms with Crippen LogP contribution in [0.5, 0.6) is 5.75 Å². The second-order valence-electron chi connectivity index (χ2n) is 2.33. The van der Waals surface area contributed by atoms with Gasteiger partial charge in [0, 0.05) is 6.54 Å². The Labute approximate surface area is 83.3 Å². The van der Waals surface area contributed by atoms with E-state index in [4.69, 9.17) is 10.5 Å². The first-order valence-corrected chi connectivity index (χ1v) is 3.78. The van der Waals surface area contributed by atoms with Gasteiger partial charge in [-0.1, -0.05) is 18.2 Å². The van der Waals surface area contributed by atoms with Crippen molar-refractivity contribution in [2.75, 3.05) is 6.54 Å². The summed E-state index contributed by atoms with van der Waals surface area (Å²) in [7, 11) is 0. The lowest BCUT2D eigenvalue weighted by molar-refractivity contribution is -0.134. The first-order valence-electron chi connectivity index (χ1n) is 3.78. The predicted molar refractivity (Wildman–Crippen MR) is 53.0 cm³/mol. The van der Waals surface area contributed by atoms with Crippen molar-refractivity contribution in [2.45, 2.75) is 6.42 Å². The van der Waals surface area contributed by atoms with Gasteiger partial charge in [-0.15, -0.1) is 12.4 Å². The van der Waals surface area contributed by atoms with Gasteiger partial charge >= 0.3 is 5.97 Å². The fourth-order valence-electron chi connectivity index (χ4n) is 0.789. The van der Waals surface area contributed by atoms with Crippen molar-refractivity contribution in [3.8, 4) is 5.75 Å². The smallest absolute Gasteiger partial charge is 0.312 e. The average molecular weight is 202 g/mol. The number of carbonyl (C=O) groups is 1. The van der Waals surface area contributed by atoms with Gasteiger partial charge in [0.2, 0.25) is 0 Å². The number of hydrogen-bond acceptors (Lipinski definition) is 3. The van der Waals surface area contributed by atoms with Gasteiger partial charge in [0.15, 0.2) is 0 Å². The molecule has 3 nitrogen and oxygen atoms in total. The van der Waals surface area contributed by atoms with Gasteiger partial charge in [-0.3, -0.25) is 4.79 Å². The first-order chi connectivity index (χ1) is 5.83. The van der Waals surface area contributed by atoms with Gasteiger partial charge in [0.05, 0.1) is 6.42 Å². The molecule has 13 heavy (non-hydrogen) atoms. The molecule has 0 fully saturated rings. The summed E-state index contributed by atoms with van der Waals surface area (Å²) < 4.78 is 4.94. The van der Waals surface area contributed by atoms with Crippen LogP contribution in [0.1, 0.15) is 6.42 Å². The molecule has 0 radical (unpaired) electrons. The van der Waals surface area contributed by atoms with Crippen LogP contribution in [0.25, 0.3) is 0 Å². The quantitative estimate of drug-likeness (QED) is 0.594. The number of benzene rings is 1. The molecular weight excluding hydrogens is 190 g/mol. The molecule has 1 aromatic rings. The van der Waals surface area contributed by atoms with Gasteiger partial charge in [-0.25, -0.2) is 0 Å². The summed E-state index contributed by atoms with van der Waals surface area (Å²) in [5.74, 6) is 0.277. The largest absolute Gasteiger partial charge is 0.426 e. The SMILES string of the molecule is Cl.NCCC(=O)Oc1ccccc1. The van der Waals surface area contributed by atoms with Crippen LogP contribution < -0.4 is 10.5 Å². The molecule has 0 bridgehead atoms. The number of carbonyl (C=O) groups excluding carboxylic acids is 1. The molecule has 72 valence electrons. The number of nitrogens with two attached hydrogens (primary N) is 1. The van der Waals surface area contributed by atoms with Crippen molar-refractivity contribution in [3.63, 3.8) is 0 Å². The second-order valence-corrected chi connectivity index (χ2v) is 2.33. The number of ether oxygens (including phenoxy) is 1. The van der Waals surface area contributed by atoms with Gasteiger partial charge in [0.25, 0.3) is 0 Å². The van der Waals surface area contributed by atoms with Crippen LogP contribution in [-0.4, -0.2) is 12.5 Å². The maximum absolute atomic E-state index is 10.9. The fraction of sp³-hybridized carbons (Fsp3) is 0.222. The highest BCUT2D eigenvalue weighted by Crippen LogP contribution is 2.08. The highest BCUT2D eigenvalue weighted by Gasteiger charge is 2.01. The minimum atomic E-state index is -0.288. The minimum Gasteiger partial charge on any atom is -0.426 e. The third kappa shape index (κ3) is 4.50. The number of hydrogen-bond donors (Lipinski definition) is 1. The van der Waals surface area contributed by atoms with E-state index in [2.05, 4.69) is 0 Å². The van der Waals surface area contributed by atoms with Crippen LogP contribution in [0.15, 0.2) is 30.3 Å². The minimum absolute atomic E-state index is 0. The summed E-state index contributed by atoms with van der Waals surface area (Å²) in [4.78, 5) is 10.9. The predicted octanol–water partition coefficient (Wildman–Crippen LogP) is 1.36. The van der Waals surface area contributed by atoms with Gasteiger partial charge < -0.3 is 10.5 Å². The van der Waals surface area contributed by atoms with Crippen molar-refractivity contribution >= 4 is 18.4 Å². The summed E-state index contributed by atoms with van der Waals surface area (Å²) >= 11 is 0. The van der Waals surface area contributed by atoms with Crippen LogP contribution in [-0.2, 0) is 4.79 Å². The standard InChI is InChI=1S/C9H11NO2.ClH/c10-7-6-9(11)12-8-4-2-1-3-5-8;/h1-5H,6-7,10H2;1H. The van der Waals surface area contributed by atoms with Gasteiger partial charge in [-0.2, -0.15) is 0 Å². The third-order valence-corrected chi connectivity index (χ3v) is 1.32. The molecule has 0 spiro atoms. The van der Waals surface area contributed by atoms with Crippen molar-refractivity contribution in [1.82, 2.24) is 0 Å². The highest BCUT2D eigenvalue weighted by molar-refractivity contribution is 5.85. The Morgan fingerprint density at radius 1 is 1.31 bits per heavy atom. The zero-order valence-corrected chi connectivity index (χ0v) is 7.92. The van der Waals surface area contributed by atoms with Crippen LogP contribution in [0.4, 0.5) is 0 Å². The molecule has 1 rings (SSSR count). The van der Waals surface area contributed by atoms with Crippen molar-refractivity contribution in [1.29, 1.82) is 0 Å². The van der Waals surface area contributed by atoms with E-state index in [1.807, 2.05) is 18.2 Å².